The Balaban J connectivity index is 0.00000364. The number of nitrogens with one attached hydrogen (secondary N) is 2. The molecule has 0 radical (unpaired) electrons. The number of halogens is 1. The van der Waals surface area contributed by atoms with Crippen molar-refractivity contribution in [2.24, 2.45) is 10.7 Å². The van der Waals surface area contributed by atoms with E-state index in [1.54, 1.807) is 19.2 Å². The van der Waals surface area contributed by atoms with Gasteiger partial charge in [0, 0.05) is 19.2 Å². The summed E-state index contributed by atoms with van der Waals surface area (Å²) in [5.41, 5.74) is 7.94. The van der Waals surface area contributed by atoms with Gasteiger partial charge in [-0.25, -0.2) is 0 Å². The molecule has 0 aliphatic rings. The summed E-state index contributed by atoms with van der Waals surface area (Å²) in [5, 5.41) is 6.47. The maximum atomic E-state index is 11.1. The third-order valence-corrected chi connectivity index (χ3v) is 3.81. The van der Waals surface area contributed by atoms with Crippen molar-refractivity contribution in [2.75, 3.05) is 13.6 Å². The molecule has 0 heterocycles. The minimum absolute atomic E-state index is 0. The van der Waals surface area contributed by atoms with Crippen molar-refractivity contribution in [3.05, 3.63) is 65.2 Å². The lowest BCUT2D eigenvalue weighted by atomic mass is 10.1. The summed E-state index contributed by atoms with van der Waals surface area (Å²) in [6, 6.07) is 15.1. The van der Waals surface area contributed by atoms with E-state index in [0.717, 1.165) is 11.3 Å². The predicted octanol–water partition coefficient (Wildman–Crippen LogP) is 2.84. The summed E-state index contributed by atoms with van der Waals surface area (Å²) in [7, 11) is 1.72. The summed E-state index contributed by atoms with van der Waals surface area (Å²) in [6.07, 6.45) is -0.00907. The van der Waals surface area contributed by atoms with E-state index in [9.17, 15) is 4.79 Å². The van der Waals surface area contributed by atoms with Gasteiger partial charge in [-0.15, -0.1) is 24.0 Å². The smallest absolute Gasteiger partial charge is 0.248 e. The number of primary amides is 1. The molecular formula is C20H27IN4O2. The molecule has 2 rings (SSSR count). The van der Waals surface area contributed by atoms with E-state index in [-0.39, 0.29) is 30.1 Å². The highest BCUT2D eigenvalue weighted by molar-refractivity contribution is 14.0. The molecule has 1 atom stereocenters. The number of aryl methyl sites for hydroxylation is 1. The highest BCUT2D eigenvalue weighted by Gasteiger charge is 2.06. The zero-order valence-electron chi connectivity index (χ0n) is 15.9. The summed E-state index contributed by atoms with van der Waals surface area (Å²) >= 11 is 0. The van der Waals surface area contributed by atoms with E-state index in [1.807, 2.05) is 50.2 Å². The Hall–Kier alpha value is -2.29. The van der Waals surface area contributed by atoms with Crippen LogP contribution in [-0.4, -0.2) is 31.6 Å². The number of hydrogen-bond donors (Lipinski definition) is 3. The van der Waals surface area contributed by atoms with Crippen molar-refractivity contribution in [1.29, 1.82) is 0 Å². The van der Waals surface area contributed by atoms with Crippen LogP contribution in [0.5, 0.6) is 5.75 Å². The van der Waals surface area contributed by atoms with Gasteiger partial charge in [0.05, 0.1) is 6.54 Å². The van der Waals surface area contributed by atoms with Crippen molar-refractivity contribution < 1.29 is 9.53 Å². The van der Waals surface area contributed by atoms with E-state index in [0.29, 0.717) is 24.6 Å². The van der Waals surface area contributed by atoms with Crippen LogP contribution in [-0.2, 0) is 6.54 Å². The van der Waals surface area contributed by atoms with Crippen molar-refractivity contribution in [3.8, 4) is 5.75 Å². The SMILES string of the molecule is CN=C(NCc1ccc(C(N)=O)cc1)NCC(C)Oc1cccc(C)c1.I. The van der Waals surface area contributed by atoms with Gasteiger partial charge >= 0.3 is 0 Å². The lowest BCUT2D eigenvalue weighted by molar-refractivity contribution is 0.100. The van der Waals surface area contributed by atoms with Crippen LogP contribution in [0.1, 0.15) is 28.4 Å². The van der Waals surface area contributed by atoms with Gasteiger partial charge < -0.3 is 21.1 Å². The lowest BCUT2D eigenvalue weighted by Crippen LogP contribution is -2.41. The van der Waals surface area contributed by atoms with E-state index in [1.165, 1.54) is 5.56 Å². The van der Waals surface area contributed by atoms with Crippen molar-refractivity contribution in [3.63, 3.8) is 0 Å². The van der Waals surface area contributed by atoms with Crippen LogP contribution in [0.15, 0.2) is 53.5 Å². The van der Waals surface area contributed by atoms with Gasteiger partial charge in [-0.2, -0.15) is 0 Å². The molecule has 4 N–H and O–H groups in total. The zero-order valence-corrected chi connectivity index (χ0v) is 18.2. The molecule has 0 spiro atoms. The lowest BCUT2D eigenvalue weighted by Gasteiger charge is -2.18. The third kappa shape index (κ3) is 7.86. The average molecular weight is 482 g/mol. The number of benzene rings is 2. The van der Waals surface area contributed by atoms with Gasteiger partial charge in [0.25, 0.3) is 0 Å². The van der Waals surface area contributed by atoms with E-state index >= 15 is 0 Å². The summed E-state index contributed by atoms with van der Waals surface area (Å²) in [5.74, 6) is 1.12. The number of nitrogens with zero attached hydrogens (tertiary/aromatic N) is 1. The molecule has 0 bridgehead atoms. The maximum absolute atomic E-state index is 11.1. The molecule has 2 aromatic rings. The Morgan fingerprint density at radius 1 is 1.19 bits per heavy atom. The van der Waals surface area contributed by atoms with E-state index in [2.05, 4.69) is 15.6 Å². The Kier molecular flexibility index (Phi) is 9.63. The highest BCUT2D eigenvalue weighted by atomic mass is 127. The first kappa shape index (κ1) is 22.8. The number of carbonyl (C=O) groups is 1. The molecule has 0 saturated carbocycles. The molecule has 2 aromatic carbocycles. The number of hydrogen-bond acceptors (Lipinski definition) is 3. The molecule has 146 valence electrons. The number of amides is 1. The predicted molar refractivity (Wildman–Crippen MR) is 120 cm³/mol. The van der Waals surface area contributed by atoms with Gasteiger partial charge in [0.2, 0.25) is 5.91 Å². The second kappa shape index (κ2) is 11.4. The Morgan fingerprint density at radius 2 is 1.89 bits per heavy atom. The number of nitrogens with two attached hydrogens (primary N) is 1. The topological polar surface area (TPSA) is 88.7 Å². The molecule has 0 aliphatic carbocycles. The number of aliphatic imine (C=N–C) groups is 1. The molecule has 0 aromatic heterocycles. The van der Waals surface area contributed by atoms with Gasteiger partial charge in [-0.3, -0.25) is 9.79 Å². The summed E-state index contributed by atoms with van der Waals surface area (Å²) in [6.45, 7) is 5.25. The number of guanidine groups is 1. The van der Waals surface area contributed by atoms with E-state index in [4.69, 9.17) is 10.5 Å². The first-order valence-electron chi connectivity index (χ1n) is 8.54. The molecule has 27 heavy (non-hydrogen) atoms. The van der Waals surface area contributed by atoms with Gasteiger partial charge in [0.1, 0.15) is 11.9 Å². The summed E-state index contributed by atoms with van der Waals surface area (Å²) < 4.78 is 5.90. The zero-order chi connectivity index (χ0) is 18.9. The second-order valence-electron chi connectivity index (χ2n) is 6.11. The minimum atomic E-state index is -0.426. The Bertz CT molecular complexity index is 763. The van der Waals surface area contributed by atoms with Gasteiger partial charge in [-0.05, 0) is 49.2 Å². The molecule has 7 heteroatoms. The first-order valence-corrected chi connectivity index (χ1v) is 8.54. The van der Waals surface area contributed by atoms with Crippen LogP contribution in [0, 0.1) is 6.92 Å². The van der Waals surface area contributed by atoms with Gasteiger partial charge in [-0.1, -0.05) is 24.3 Å². The van der Waals surface area contributed by atoms with Crippen molar-refractivity contribution in [1.82, 2.24) is 10.6 Å². The molecular weight excluding hydrogens is 455 g/mol. The average Bonchev–Trinajstić information content (AvgIpc) is 2.62. The molecule has 0 aliphatic heterocycles. The van der Waals surface area contributed by atoms with Crippen molar-refractivity contribution >= 4 is 35.8 Å². The largest absolute Gasteiger partial charge is 0.489 e. The van der Waals surface area contributed by atoms with E-state index < -0.39 is 5.91 Å². The molecule has 0 saturated heterocycles. The monoisotopic (exact) mass is 482 g/mol. The van der Waals surface area contributed by atoms with Crippen LogP contribution in [0.25, 0.3) is 0 Å². The molecule has 0 fully saturated rings. The molecule has 1 unspecified atom stereocenters. The van der Waals surface area contributed by atoms with Gasteiger partial charge in [0.15, 0.2) is 5.96 Å². The highest BCUT2D eigenvalue weighted by Crippen LogP contribution is 2.13. The number of carbonyl (C=O) groups excluding carboxylic acids is 1. The first-order chi connectivity index (χ1) is 12.5. The Morgan fingerprint density at radius 3 is 2.48 bits per heavy atom. The standard InChI is InChI=1S/C20H26N4O2.HI/c1-14-5-4-6-18(11-14)26-15(2)12-23-20(22-3)24-13-16-7-9-17(10-8-16)19(21)25;/h4-11,15H,12-13H2,1-3H3,(H2,21,25)(H2,22,23,24);1H. The summed E-state index contributed by atoms with van der Waals surface area (Å²) in [4.78, 5) is 15.3. The van der Waals surface area contributed by atoms with Crippen LogP contribution in [0.2, 0.25) is 0 Å². The van der Waals surface area contributed by atoms with Crippen LogP contribution < -0.4 is 21.1 Å². The third-order valence-electron chi connectivity index (χ3n) is 3.81. The van der Waals surface area contributed by atoms with Crippen molar-refractivity contribution in [2.45, 2.75) is 26.5 Å². The quantitative estimate of drug-likeness (QED) is 0.322. The number of ether oxygens (including phenoxy) is 1. The van der Waals surface area contributed by atoms with Crippen LogP contribution in [0.4, 0.5) is 0 Å². The Labute approximate surface area is 177 Å². The normalized spacial score (nSPS) is 11.9. The fraction of sp³-hybridized carbons (Fsp3) is 0.300. The fourth-order valence-corrected chi connectivity index (χ4v) is 2.40. The maximum Gasteiger partial charge on any atom is 0.248 e. The molecule has 1 amide bonds. The van der Waals surface area contributed by atoms with Crippen LogP contribution >= 0.6 is 24.0 Å². The second-order valence-corrected chi connectivity index (χ2v) is 6.11. The molecule has 6 nitrogen and oxygen atoms in total. The fourth-order valence-electron chi connectivity index (χ4n) is 2.40. The van der Waals surface area contributed by atoms with Crippen LogP contribution in [0.3, 0.4) is 0 Å². The minimum Gasteiger partial charge on any atom is -0.489 e. The number of rotatable bonds is 7.